The molecule has 0 spiro atoms. The van der Waals surface area contributed by atoms with Crippen LogP contribution in [0.2, 0.25) is 5.02 Å². The number of benzene rings is 1. The van der Waals surface area contributed by atoms with Crippen molar-refractivity contribution >= 4 is 41.3 Å². The van der Waals surface area contributed by atoms with E-state index >= 15 is 0 Å². The molecule has 0 unspecified atom stereocenters. The highest BCUT2D eigenvalue weighted by molar-refractivity contribution is 7.13. The van der Waals surface area contributed by atoms with Crippen molar-refractivity contribution in [3.05, 3.63) is 62.5 Å². The Morgan fingerprint density at radius 2 is 2.10 bits per heavy atom. The summed E-state index contributed by atoms with van der Waals surface area (Å²) in [7, 11) is 0. The van der Waals surface area contributed by atoms with Crippen molar-refractivity contribution in [3.63, 3.8) is 0 Å². The van der Waals surface area contributed by atoms with Gasteiger partial charge in [-0.05, 0) is 18.6 Å². The number of pyridine rings is 1. The number of aromatic nitrogens is 2. The summed E-state index contributed by atoms with van der Waals surface area (Å²) in [5, 5.41) is 13.4. The minimum Gasteiger partial charge on any atom is -0.503 e. The third-order valence-corrected chi connectivity index (χ3v) is 5.91. The van der Waals surface area contributed by atoms with Crippen molar-refractivity contribution in [2.45, 2.75) is 26.4 Å². The Morgan fingerprint density at radius 1 is 1.29 bits per heavy atom. The van der Waals surface area contributed by atoms with Gasteiger partial charge in [-0.2, -0.15) is 0 Å². The summed E-state index contributed by atoms with van der Waals surface area (Å²) in [6.45, 7) is 3.72. The zero-order chi connectivity index (χ0) is 21.3. The molecule has 1 N–H and O–H groups in total. The van der Waals surface area contributed by atoms with E-state index in [1.807, 2.05) is 13.0 Å². The maximum absolute atomic E-state index is 13.1. The number of hydrogen-bond acceptors (Lipinski definition) is 6. The van der Waals surface area contributed by atoms with Crippen LogP contribution in [-0.2, 0) is 13.1 Å². The Labute approximate surface area is 194 Å². The molecule has 0 saturated carbocycles. The number of thiazole rings is 1. The molecule has 164 valence electrons. The van der Waals surface area contributed by atoms with Crippen LogP contribution in [0.1, 0.15) is 29.4 Å². The van der Waals surface area contributed by atoms with Crippen LogP contribution >= 0.6 is 35.3 Å². The summed E-state index contributed by atoms with van der Waals surface area (Å²) < 4.78 is 7.41. The predicted molar refractivity (Wildman–Crippen MR) is 123 cm³/mol. The number of fused-ring (bicyclic) bond motifs is 1. The monoisotopic (exact) mass is 481 g/mol. The molecule has 2 aromatic heterocycles. The summed E-state index contributed by atoms with van der Waals surface area (Å²) in [6.07, 6.45) is 4.04. The number of hydrogen-bond donors (Lipinski definition) is 1. The Kier molecular flexibility index (Phi) is 7.25. The molecule has 3 heterocycles. The van der Waals surface area contributed by atoms with Gasteiger partial charge in [0.25, 0.3) is 5.91 Å². The van der Waals surface area contributed by atoms with Crippen molar-refractivity contribution in [2.24, 2.45) is 0 Å². The van der Waals surface area contributed by atoms with Gasteiger partial charge in [-0.1, -0.05) is 24.6 Å². The van der Waals surface area contributed by atoms with E-state index in [-0.39, 0.29) is 24.6 Å². The van der Waals surface area contributed by atoms with E-state index in [1.54, 1.807) is 39.4 Å². The number of aromatic hydroxyl groups is 1. The van der Waals surface area contributed by atoms with Gasteiger partial charge < -0.3 is 19.3 Å². The number of carbonyl (C=O) groups excluding carboxylic acids is 1. The maximum Gasteiger partial charge on any atom is 0.274 e. The van der Waals surface area contributed by atoms with Gasteiger partial charge in [0, 0.05) is 48.0 Å². The number of rotatable bonds is 6. The number of amides is 1. The van der Waals surface area contributed by atoms with Crippen LogP contribution in [0.25, 0.3) is 10.6 Å². The first kappa shape index (κ1) is 23.1. The van der Waals surface area contributed by atoms with Gasteiger partial charge in [0.2, 0.25) is 5.43 Å². The lowest BCUT2D eigenvalue weighted by Crippen LogP contribution is -2.41. The van der Waals surface area contributed by atoms with E-state index in [1.165, 1.54) is 11.3 Å². The Bertz CT molecular complexity index is 1150. The fraction of sp³-hybridized carbons (Fsp3) is 0.286. The first-order valence-electron chi connectivity index (χ1n) is 9.56. The lowest BCUT2D eigenvalue weighted by molar-refractivity contribution is 0.0682. The predicted octanol–water partition coefficient (Wildman–Crippen LogP) is 4.20. The molecule has 0 bridgehead atoms. The molecular formula is C21H21Cl2N3O4S. The highest BCUT2D eigenvalue weighted by atomic mass is 35.5. The highest BCUT2D eigenvalue weighted by Gasteiger charge is 2.30. The van der Waals surface area contributed by atoms with Crippen molar-refractivity contribution in [1.29, 1.82) is 0 Å². The van der Waals surface area contributed by atoms with Gasteiger partial charge in [0.1, 0.15) is 10.8 Å². The van der Waals surface area contributed by atoms with Crippen LogP contribution < -0.4 is 10.2 Å². The molecule has 4 rings (SSSR count). The maximum atomic E-state index is 13.1. The third-order valence-electron chi connectivity index (χ3n) is 4.87. The van der Waals surface area contributed by atoms with E-state index in [9.17, 15) is 14.7 Å². The van der Waals surface area contributed by atoms with Crippen LogP contribution in [0, 0.1) is 0 Å². The number of ether oxygens (including phenoxy) is 1. The van der Waals surface area contributed by atoms with Crippen LogP contribution in [-0.4, -0.2) is 38.6 Å². The van der Waals surface area contributed by atoms with Gasteiger partial charge >= 0.3 is 0 Å². The van der Waals surface area contributed by atoms with Gasteiger partial charge in [0.15, 0.2) is 11.4 Å². The first-order valence-corrected chi connectivity index (χ1v) is 10.8. The molecule has 7 nitrogen and oxygen atoms in total. The molecule has 1 aromatic carbocycles. The van der Waals surface area contributed by atoms with E-state index in [2.05, 4.69) is 4.98 Å². The summed E-state index contributed by atoms with van der Waals surface area (Å²) in [5.74, 6) is -0.322. The minimum absolute atomic E-state index is 0. The zero-order valence-electron chi connectivity index (χ0n) is 16.7. The van der Waals surface area contributed by atoms with Crippen molar-refractivity contribution in [3.8, 4) is 22.1 Å². The summed E-state index contributed by atoms with van der Waals surface area (Å²) in [4.78, 5) is 31.5. The highest BCUT2D eigenvalue weighted by Crippen LogP contribution is 2.29. The molecule has 0 fully saturated rings. The summed E-state index contributed by atoms with van der Waals surface area (Å²) in [6, 6.07) is 5.31. The number of carbonyl (C=O) groups is 1. The molecule has 1 aliphatic rings. The zero-order valence-corrected chi connectivity index (χ0v) is 19.1. The molecular weight excluding hydrogens is 461 g/mol. The topological polar surface area (TPSA) is 84.7 Å². The van der Waals surface area contributed by atoms with E-state index in [4.69, 9.17) is 16.3 Å². The second-order valence-corrected chi connectivity index (χ2v) is 8.26. The largest absolute Gasteiger partial charge is 0.503 e. The molecule has 10 heteroatoms. The van der Waals surface area contributed by atoms with Gasteiger partial charge in [-0.15, -0.1) is 23.7 Å². The standard InChI is InChI=1S/C21H20ClN3O4S.ClH/c1-2-8-29-16-10-14(22)4-3-13(16)11-25-7-6-24-12-15(20-23-5-9-30-20)18(26)19(27)17(24)21(25)28;/h3-5,9-10,12,27H,2,6-8,11H2,1H3;1H. The van der Waals surface area contributed by atoms with E-state index < -0.39 is 17.1 Å². The second-order valence-electron chi connectivity index (χ2n) is 6.93. The van der Waals surface area contributed by atoms with Crippen molar-refractivity contribution in [2.75, 3.05) is 13.2 Å². The normalized spacial score (nSPS) is 13.0. The molecule has 0 aliphatic carbocycles. The van der Waals surface area contributed by atoms with Crippen LogP contribution in [0.4, 0.5) is 0 Å². The fourth-order valence-corrected chi connectivity index (χ4v) is 4.21. The van der Waals surface area contributed by atoms with Crippen LogP contribution in [0.15, 0.2) is 40.8 Å². The van der Waals surface area contributed by atoms with E-state index in [0.717, 1.165) is 12.0 Å². The van der Waals surface area contributed by atoms with Crippen molar-refractivity contribution < 1.29 is 14.6 Å². The summed E-state index contributed by atoms with van der Waals surface area (Å²) >= 11 is 7.40. The quantitative estimate of drug-likeness (QED) is 0.570. The van der Waals surface area contributed by atoms with E-state index in [0.29, 0.717) is 41.0 Å². The van der Waals surface area contributed by atoms with Crippen LogP contribution in [0.5, 0.6) is 11.5 Å². The smallest absolute Gasteiger partial charge is 0.274 e. The van der Waals surface area contributed by atoms with Crippen LogP contribution in [0.3, 0.4) is 0 Å². The Balaban J connectivity index is 0.00000272. The molecule has 3 aromatic rings. The molecule has 0 saturated heterocycles. The average molecular weight is 482 g/mol. The SMILES string of the molecule is CCCOc1cc(Cl)ccc1CN1CCn2cc(-c3nccs3)c(=O)c(O)c2C1=O.Cl. The second kappa shape index (κ2) is 9.72. The van der Waals surface area contributed by atoms with Crippen molar-refractivity contribution in [1.82, 2.24) is 14.5 Å². The molecule has 0 radical (unpaired) electrons. The average Bonchev–Trinajstić information content (AvgIpc) is 3.27. The third kappa shape index (κ3) is 4.56. The van der Waals surface area contributed by atoms with Gasteiger partial charge in [-0.25, -0.2) is 4.98 Å². The Morgan fingerprint density at radius 3 is 2.81 bits per heavy atom. The summed E-state index contributed by atoms with van der Waals surface area (Å²) in [5.41, 5.74) is 0.512. The number of nitrogens with zero attached hydrogens (tertiary/aromatic N) is 3. The van der Waals surface area contributed by atoms with Gasteiger partial charge in [0.05, 0.1) is 12.2 Å². The molecule has 0 atom stereocenters. The lowest BCUT2D eigenvalue weighted by Gasteiger charge is -2.31. The van der Waals surface area contributed by atoms with Gasteiger partial charge in [-0.3, -0.25) is 9.59 Å². The minimum atomic E-state index is -0.593. The lowest BCUT2D eigenvalue weighted by atomic mass is 10.1. The molecule has 31 heavy (non-hydrogen) atoms. The number of halogens is 2. The Hall–Kier alpha value is -2.55. The molecule has 1 amide bonds. The first-order chi connectivity index (χ1) is 14.5. The molecule has 1 aliphatic heterocycles. The fourth-order valence-electron chi connectivity index (χ4n) is 3.40.